The zero-order valence-corrected chi connectivity index (χ0v) is 34.1. The SMILES string of the molecule is CC(C)(C)[Si](C)(C)O[C@@H]1CO[C@H]2[C@@H]1OC[C@H]2Oc1nc2cc(Cl)c(-c3ccc([C@H]4CC[C@H](NC(=O)O)CC4)cc3)nc2n1COCC[Si](C)(C)C. The van der Waals surface area contributed by atoms with E-state index >= 15 is 0 Å². The highest BCUT2D eigenvalue weighted by molar-refractivity contribution is 6.76. The van der Waals surface area contributed by atoms with Crippen molar-refractivity contribution in [2.45, 2.75) is 133 Å². The third-order valence-corrected chi connectivity index (χ3v) is 17.5. The summed E-state index contributed by atoms with van der Waals surface area (Å²) in [6.07, 6.45) is 1.64. The van der Waals surface area contributed by atoms with Gasteiger partial charge in [-0.3, -0.25) is 4.57 Å². The second kappa shape index (κ2) is 15.1. The minimum atomic E-state index is -2.02. The molecule has 2 N–H and O–H groups in total. The number of rotatable bonds is 12. The maximum atomic E-state index is 11.1. The van der Waals surface area contributed by atoms with Crippen LogP contribution in [0.2, 0.25) is 48.8 Å². The minimum absolute atomic E-state index is 0.0255. The van der Waals surface area contributed by atoms with Gasteiger partial charge in [0, 0.05) is 26.3 Å². The van der Waals surface area contributed by atoms with E-state index in [2.05, 4.69) is 83.1 Å². The van der Waals surface area contributed by atoms with Gasteiger partial charge in [-0.2, -0.15) is 4.98 Å². The summed E-state index contributed by atoms with van der Waals surface area (Å²) >= 11 is 6.88. The van der Waals surface area contributed by atoms with Gasteiger partial charge in [-0.25, -0.2) is 9.78 Å². The Morgan fingerprint density at radius 2 is 1.65 bits per heavy atom. The first kappa shape index (κ1) is 38.2. The first-order chi connectivity index (χ1) is 24.0. The molecule has 1 amide bonds. The van der Waals surface area contributed by atoms with Gasteiger partial charge in [0.15, 0.2) is 20.1 Å². The Kier molecular flexibility index (Phi) is 11.3. The number of nitrogens with one attached hydrogen (secondary N) is 1. The predicted octanol–water partition coefficient (Wildman–Crippen LogP) is 8.29. The van der Waals surface area contributed by atoms with Gasteiger partial charge < -0.3 is 33.8 Å². The lowest BCUT2D eigenvalue weighted by atomic mass is 9.81. The Bertz CT molecular complexity index is 1680. The molecule has 0 radical (unpaired) electrons. The molecule has 1 saturated carbocycles. The topological polar surface area (TPSA) is 126 Å². The smallest absolute Gasteiger partial charge is 0.404 e. The minimum Gasteiger partial charge on any atom is -0.465 e. The van der Waals surface area contributed by atoms with E-state index in [0.717, 1.165) is 37.3 Å². The van der Waals surface area contributed by atoms with E-state index in [9.17, 15) is 4.79 Å². The lowest BCUT2D eigenvalue weighted by molar-refractivity contribution is 0.00687. The average molecular weight is 759 g/mol. The van der Waals surface area contributed by atoms with Crippen LogP contribution < -0.4 is 10.1 Å². The molecule has 6 rings (SSSR count). The highest BCUT2D eigenvalue weighted by Crippen LogP contribution is 2.41. The largest absolute Gasteiger partial charge is 0.465 e. The number of imidazole rings is 1. The van der Waals surface area contributed by atoms with Crippen LogP contribution >= 0.6 is 11.6 Å². The monoisotopic (exact) mass is 758 g/mol. The summed E-state index contributed by atoms with van der Waals surface area (Å²) in [6.45, 7) is 19.9. The molecule has 4 atom stereocenters. The Hall–Kier alpha value is -2.53. The maximum absolute atomic E-state index is 11.1. The van der Waals surface area contributed by atoms with Crippen LogP contribution in [-0.2, 0) is 25.4 Å². The molecule has 0 spiro atoms. The van der Waals surface area contributed by atoms with Gasteiger partial charge in [0.25, 0.3) is 0 Å². The molecule has 0 bridgehead atoms. The molecule has 11 nitrogen and oxygen atoms in total. The van der Waals surface area contributed by atoms with Crippen molar-refractivity contribution >= 4 is 45.2 Å². The molecule has 2 aromatic heterocycles. The number of nitrogens with zero attached hydrogens (tertiary/aromatic N) is 3. The molecule has 1 aliphatic carbocycles. The highest BCUT2D eigenvalue weighted by Gasteiger charge is 2.52. The molecule has 4 heterocycles. The maximum Gasteiger partial charge on any atom is 0.404 e. The second-order valence-corrected chi connectivity index (χ2v) is 27.9. The molecular formula is C37H55ClN4O7Si2. The van der Waals surface area contributed by atoms with E-state index in [1.54, 1.807) is 0 Å². The van der Waals surface area contributed by atoms with Crippen LogP contribution in [0, 0.1) is 0 Å². The quantitative estimate of drug-likeness (QED) is 0.139. The van der Waals surface area contributed by atoms with Crippen molar-refractivity contribution in [3.63, 3.8) is 0 Å². The number of pyridine rings is 1. The summed E-state index contributed by atoms with van der Waals surface area (Å²) in [7, 11) is -3.32. The molecular weight excluding hydrogens is 704 g/mol. The third kappa shape index (κ3) is 8.82. The standard InChI is InChI=1S/C37H55ClN4O7Si2/c1-37(2,3)51(7,8)49-30-21-47-32-29(20-46-33(30)32)48-35-40-28-19-27(38)31(41-34(28)42(35)22-45-17-18-50(4,5)6)25-11-9-23(10-12-25)24-13-15-26(16-14-24)39-36(43)44/h9-12,19,24,26,29-30,32-33,39H,13-18,20-22H2,1-8H3,(H,43,44)/t24-,26-,29-,30-,32-,33-/m1/s1. The fourth-order valence-electron chi connectivity index (χ4n) is 6.93. The molecule has 14 heteroatoms. The fraction of sp³-hybridized carbons (Fsp3) is 0.649. The molecule has 3 aromatic rings. The molecule has 3 fully saturated rings. The van der Waals surface area contributed by atoms with Crippen LogP contribution in [-0.4, -0.2) is 92.4 Å². The Morgan fingerprint density at radius 1 is 1.00 bits per heavy atom. The van der Waals surface area contributed by atoms with E-state index < -0.39 is 22.5 Å². The van der Waals surface area contributed by atoms with Crippen molar-refractivity contribution in [3.05, 3.63) is 40.9 Å². The molecule has 0 unspecified atom stereocenters. The molecule has 280 valence electrons. The van der Waals surface area contributed by atoms with E-state index in [1.807, 2.05) is 10.6 Å². The third-order valence-electron chi connectivity index (χ3n) is 11.0. The van der Waals surface area contributed by atoms with Crippen LogP contribution in [0.1, 0.15) is 57.9 Å². The van der Waals surface area contributed by atoms with E-state index in [1.165, 1.54) is 5.56 Å². The van der Waals surface area contributed by atoms with Crippen LogP contribution in [0.15, 0.2) is 30.3 Å². The Labute approximate surface area is 308 Å². The predicted molar refractivity (Wildman–Crippen MR) is 204 cm³/mol. The molecule has 2 aliphatic heterocycles. The Balaban J connectivity index is 1.22. The van der Waals surface area contributed by atoms with Gasteiger partial charge in [-0.05, 0) is 67.4 Å². The number of halogens is 1. The van der Waals surface area contributed by atoms with Crippen molar-refractivity contribution in [1.29, 1.82) is 0 Å². The summed E-state index contributed by atoms with van der Waals surface area (Å²) in [5, 5.41) is 12.3. The average Bonchev–Trinajstić information content (AvgIpc) is 3.72. The number of carbonyl (C=O) groups is 1. The first-order valence-electron chi connectivity index (χ1n) is 18.3. The zero-order chi connectivity index (χ0) is 36.7. The summed E-state index contributed by atoms with van der Waals surface area (Å²) in [5.74, 6) is 0.392. The second-order valence-electron chi connectivity index (χ2n) is 17.1. The van der Waals surface area contributed by atoms with Crippen molar-refractivity contribution in [1.82, 2.24) is 19.9 Å². The normalized spacial score (nSPS) is 25.7. The lowest BCUT2D eigenvalue weighted by Crippen LogP contribution is -2.47. The fourth-order valence-corrected chi connectivity index (χ4v) is 9.25. The summed E-state index contributed by atoms with van der Waals surface area (Å²) < 4.78 is 34.0. The number of ether oxygens (including phenoxy) is 4. The molecule has 1 aromatic carbocycles. The van der Waals surface area contributed by atoms with E-state index in [-0.39, 0.29) is 42.2 Å². The van der Waals surface area contributed by atoms with Gasteiger partial charge in [-0.15, -0.1) is 0 Å². The summed E-state index contributed by atoms with van der Waals surface area (Å²) in [6, 6.07) is 11.7. The zero-order valence-electron chi connectivity index (χ0n) is 31.3. The van der Waals surface area contributed by atoms with E-state index in [4.69, 9.17) is 50.0 Å². The van der Waals surface area contributed by atoms with Crippen molar-refractivity contribution < 1.29 is 33.3 Å². The summed E-state index contributed by atoms with van der Waals surface area (Å²) in [5.41, 5.74) is 4.06. The number of hydrogen-bond acceptors (Lipinski definition) is 8. The molecule has 3 aliphatic rings. The number of carboxylic acid groups (broad SMARTS) is 1. The molecule has 51 heavy (non-hydrogen) atoms. The summed E-state index contributed by atoms with van der Waals surface area (Å²) in [4.78, 5) is 21.0. The van der Waals surface area contributed by atoms with Crippen LogP contribution in [0.3, 0.4) is 0 Å². The van der Waals surface area contributed by atoms with Crippen LogP contribution in [0.4, 0.5) is 4.79 Å². The van der Waals surface area contributed by atoms with Crippen LogP contribution in [0.25, 0.3) is 22.4 Å². The van der Waals surface area contributed by atoms with Gasteiger partial charge in [0.05, 0.1) is 30.0 Å². The van der Waals surface area contributed by atoms with E-state index in [0.29, 0.717) is 53.6 Å². The first-order valence-corrected chi connectivity index (χ1v) is 25.3. The van der Waals surface area contributed by atoms with Gasteiger partial charge in [0.1, 0.15) is 24.5 Å². The van der Waals surface area contributed by atoms with Crippen LogP contribution in [0.5, 0.6) is 6.01 Å². The van der Waals surface area contributed by atoms with Gasteiger partial charge >= 0.3 is 12.1 Å². The van der Waals surface area contributed by atoms with Crippen molar-refractivity contribution in [2.75, 3.05) is 19.8 Å². The lowest BCUT2D eigenvalue weighted by Gasteiger charge is -2.39. The van der Waals surface area contributed by atoms with Gasteiger partial charge in [-0.1, -0.05) is 76.3 Å². The number of amides is 1. The number of benzene rings is 1. The van der Waals surface area contributed by atoms with Gasteiger partial charge in [0.2, 0.25) is 0 Å². The highest BCUT2D eigenvalue weighted by atomic mass is 35.5. The number of hydrogen-bond donors (Lipinski definition) is 2. The number of fused-ring (bicyclic) bond motifs is 2. The molecule has 2 saturated heterocycles. The number of aromatic nitrogens is 3. The Morgan fingerprint density at radius 3 is 2.27 bits per heavy atom. The van der Waals surface area contributed by atoms with Crippen molar-refractivity contribution in [3.8, 4) is 17.3 Å². The van der Waals surface area contributed by atoms with Crippen molar-refractivity contribution in [2.24, 2.45) is 0 Å².